The first kappa shape index (κ1) is 16.8. The average Bonchev–Trinajstić information content (AvgIpc) is 2.83. The van der Waals surface area contributed by atoms with E-state index in [1.165, 1.54) is 0 Å². The number of hydrogen-bond donors (Lipinski definition) is 1. The highest BCUT2D eigenvalue weighted by atomic mass is 19.1. The third kappa shape index (κ3) is 3.74. The molecular formula is C19H17F2N3O. The molecule has 1 amide bonds. The molecule has 0 aliphatic carbocycles. The van der Waals surface area contributed by atoms with Crippen LogP contribution in [0.5, 0.6) is 0 Å². The standard InChI is InChI=1S/C19H17F2N3O/c1-12-18(13(2)24(23-12)17-6-4-3-5-7-17)11-19(25)22-16-9-14(20)8-15(21)10-16/h3-10H,11H2,1-2H3,(H,22,25). The number of rotatable bonds is 4. The Balaban J connectivity index is 1.81. The number of aromatic nitrogens is 2. The molecule has 6 heteroatoms. The summed E-state index contributed by atoms with van der Waals surface area (Å²) in [6.45, 7) is 3.72. The minimum absolute atomic E-state index is 0.0721. The van der Waals surface area contributed by atoms with E-state index in [2.05, 4.69) is 10.4 Å². The van der Waals surface area contributed by atoms with Crippen molar-refractivity contribution in [1.82, 2.24) is 9.78 Å². The minimum atomic E-state index is -0.737. The summed E-state index contributed by atoms with van der Waals surface area (Å²) >= 11 is 0. The predicted molar refractivity (Wildman–Crippen MR) is 91.7 cm³/mol. The summed E-state index contributed by atoms with van der Waals surface area (Å²) in [6, 6.07) is 12.5. The molecule has 0 unspecified atom stereocenters. The first-order valence-electron chi connectivity index (χ1n) is 7.80. The Morgan fingerprint density at radius 2 is 1.72 bits per heavy atom. The molecule has 0 saturated carbocycles. The van der Waals surface area contributed by atoms with Crippen molar-refractivity contribution in [3.63, 3.8) is 0 Å². The molecule has 2 aromatic carbocycles. The second-order valence-electron chi connectivity index (χ2n) is 5.78. The smallest absolute Gasteiger partial charge is 0.228 e. The Kier molecular flexibility index (Phi) is 4.61. The van der Waals surface area contributed by atoms with Crippen LogP contribution in [0.4, 0.5) is 14.5 Å². The summed E-state index contributed by atoms with van der Waals surface area (Å²) in [4.78, 5) is 12.3. The van der Waals surface area contributed by atoms with Gasteiger partial charge in [-0.15, -0.1) is 0 Å². The van der Waals surface area contributed by atoms with E-state index in [1.54, 1.807) is 4.68 Å². The molecule has 1 heterocycles. The molecule has 0 radical (unpaired) electrons. The minimum Gasteiger partial charge on any atom is -0.326 e. The number of halogens is 2. The molecule has 4 nitrogen and oxygen atoms in total. The van der Waals surface area contributed by atoms with Gasteiger partial charge >= 0.3 is 0 Å². The third-order valence-electron chi connectivity index (χ3n) is 3.93. The normalized spacial score (nSPS) is 10.7. The van der Waals surface area contributed by atoms with Crippen LogP contribution in [0.25, 0.3) is 5.69 Å². The molecule has 1 N–H and O–H groups in total. The Labute approximate surface area is 144 Å². The second-order valence-corrected chi connectivity index (χ2v) is 5.78. The fourth-order valence-corrected chi connectivity index (χ4v) is 2.74. The molecule has 3 rings (SSSR count). The molecule has 0 atom stereocenters. The molecule has 0 aliphatic heterocycles. The van der Waals surface area contributed by atoms with Crippen LogP contribution in [-0.2, 0) is 11.2 Å². The van der Waals surface area contributed by atoms with E-state index in [0.29, 0.717) is 0 Å². The zero-order chi connectivity index (χ0) is 18.0. The van der Waals surface area contributed by atoms with E-state index in [0.717, 1.165) is 40.8 Å². The van der Waals surface area contributed by atoms with E-state index >= 15 is 0 Å². The van der Waals surface area contributed by atoms with Crippen LogP contribution in [-0.4, -0.2) is 15.7 Å². The summed E-state index contributed by atoms with van der Waals surface area (Å²) in [5.74, 6) is -1.83. The van der Waals surface area contributed by atoms with Gasteiger partial charge in [0.1, 0.15) is 11.6 Å². The fourth-order valence-electron chi connectivity index (χ4n) is 2.74. The molecule has 1 aromatic heterocycles. The fraction of sp³-hybridized carbons (Fsp3) is 0.158. The van der Waals surface area contributed by atoms with Crippen LogP contribution in [0, 0.1) is 25.5 Å². The number of nitrogens with one attached hydrogen (secondary N) is 1. The van der Waals surface area contributed by atoms with Crippen molar-refractivity contribution >= 4 is 11.6 Å². The van der Waals surface area contributed by atoms with Crippen LogP contribution in [0.3, 0.4) is 0 Å². The molecule has 0 aliphatic rings. The van der Waals surface area contributed by atoms with Crippen molar-refractivity contribution in [2.24, 2.45) is 0 Å². The van der Waals surface area contributed by atoms with Crippen molar-refractivity contribution < 1.29 is 13.6 Å². The number of anilines is 1. The van der Waals surface area contributed by atoms with Gasteiger partial charge in [0.2, 0.25) is 5.91 Å². The van der Waals surface area contributed by atoms with Crippen LogP contribution < -0.4 is 5.32 Å². The lowest BCUT2D eigenvalue weighted by Crippen LogP contribution is -2.15. The van der Waals surface area contributed by atoms with Gasteiger partial charge in [-0.25, -0.2) is 13.5 Å². The second kappa shape index (κ2) is 6.84. The molecular weight excluding hydrogens is 324 g/mol. The highest BCUT2D eigenvalue weighted by Crippen LogP contribution is 2.19. The predicted octanol–water partition coefficient (Wildman–Crippen LogP) is 3.95. The quantitative estimate of drug-likeness (QED) is 0.781. The third-order valence-corrected chi connectivity index (χ3v) is 3.93. The highest BCUT2D eigenvalue weighted by Gasteiger charge is 2.16. The number of hydrogen-bond acceptors (Lipinski definition) is 2. The lowest BCUT2D eigenvalue weighted by molar-refractivity contribution is -0.115. The van der Waals surface area contributed by atoms with E-state index in [9.17, 15) is 13.6 Å². The van der Waals surface area contributed by atoms with Gasteiger partial charge in [-0.2, -0.15) is 5.10 Å². The number of carbonyl (C=O) groups is 1. The van der Waals surface area contributed by atoms with Gasteiger partial charge < -0.3 is 5.32 Å². The SMILES string of the molecule is Cc1nn(-c2ccccc2)c(C)c1CC(=O)Nc1cc(F)cc(F)c1. The molecule has 0 saturated heterocycles. The zero-order valence-corrected chi connectivity index (χ0v) is 13.9. The van der Waals surface area contributed by atoms with Gasteiger partial charge in [0.05, 0.1) is 17.8 Å². The van der Waals surface area contributed by atoms with Gasteiger partial charge in [-0.1, -0.05) is 18.2 Å². The summed E-state index contributed by atoms with van der Waals surface area (Å²) in [7, 11) is 0. The lowest BCUT2D eigenvalue weighted by Gasteiger charge is -2.07. The molecule has 0 bridgehead atoms. The molecule has 0 fully saturated rings. The lowest BCUT2D eigenvalue weighted by atomic mass is 10.1. The van der Waals surface area contributed by atoms with Gasteiger partial charge in [-0.05, 0) is 38.1 Å². The Morgan fingerprint density at radius 1 is 1.08 bits per heavy atom. The van der Waals surface area contributed by atoms with E-state index in [-0.39, 0.29) is 18.0 Å². The largest absolute Gasteiger partial charge is 0.326 e. The van der Waals surface area contributed by atoms with E-state index < -0.39 is 11.6 Å². The number of carbonyl (C=O) groups excluding carboxylic acids is 1. The van der Waals surface area contributed by atoms with Crippen molar-refractivity contribution in [3.8, 4) is 5.69 Å². The number of para-hydroxylation sites is 1. The van der Waals surface area contributed by atoms with Crippen LogP contribution >= 0.6 is 0 Å². The topological polar surface area (TPSA) is 46.9 Å². The van der Waals surface area contributed by atoms with Crippen molar-refractivity contribution in [2.75, 3.05) is 5.32 Å². The maximum absolute atomic E-state index is 13.2. The molecule has 0 spiro atoms. The van der Waals surface area contributed by atoms with Gasteiger partial charge in [0.25, 0.3) is 0 Å². The summed E-state index contributed by atoms with van der Waals surface area (Å²) in [6.07, 6.45) is 0.0721. The first-order chi connectivity index (χ1) is 11.9. The summed E-state index contributed by atoms with van der Waals surface area (Å²) in [5.41, 5.74) is 3.37. The first-order valence-corrected chi connectivity index (χ1v) is 7.80. The number of benzene rings is 2. The molecule has 128 valence electrons. The average molecular weight is 341 g/mol. The summed E-state index contributed by atoms with van der Waals surface area (Å²) < 4.78 is 28.2. The van der Waals surface area contributed by atoms with Crippen LogP contribution in [0.2, 0.25) is 0 Å². The Hall–Kier alpha value is -3.02. The summed E-state index contributed by atoms with van der Waals surface area (Å²) in [5, 5.41) is 7.00. The van der Waals surface area contributed by atoms with E-state index in [4.69, 9.17) is 0 Å². The van der Waals surface area contributed by atoms with Crippen LogP contribution in [0.15, 0.2) is 48.5 Å². The number of nitrogens with zero attached hydrogens (tertiary/aromatic N) is 2. The van der Waals surface area contributed by atoms with E-state index in [1.807, 2.05) is 44.2 Å². The zero-order valence-electron chi connectivity index (χ0n) is 13.9. The molecule has 25 heavy (non-hydrogen) atoms. The van der Waals surface area contributed by atoms with Crippen molar-refractivity contribution in [2.45, 2.75) is 20.3 Å². The highest BCUT2D eigenvalue weighted by molar-refractivity contribution is 5.92. The van der Waals surface area contributed by atoms with Gasteiger partial charge in [-0.3, -0.25) is 4.79 Å². The molecule has 3 aromatic rings. The van der Waals surface area contributed by atoms with Gasteiger partial charge in [0.15, 0.2) is 0 Å². The van der Waals surface area contributed by atoms with Crippen molar-refractivity contribution in [1.29, 1.82) is 0 Å². The Bertz CT molecular complexity index is 900. The monoisotopic (exact) mass is 341 g/mol. The van der Waals surface area contributed by atoms with Gasteiger partial charge in [0, 0.05) is 23.0 Å². The number of amides is 1. The maximum Gasteiger partial charge on any atom is 0.228 e. The number of aryl methyl sites for hydroxylation is 1. The van der Waals surface area contributed by atoms with Crippen molar-refractivity contribution in [3.05, 3.63) is 77.1 Å². The van der Waals surface area contributed by atoms with Crippen LogP contribution in [0.1, 0.15) is 17.0 Å². The maximum atomic E-state index is 13.2. The Morgan fingerprint density at radius 3 is 2.36 bits per heavy atom.